The lowest BCUT2D eigenvalue weighted by Crippen LogP contribution is -2.38. The summed E-state index contributed by atoms with van der Waals surface area (Å²) in [6, 6.07) is 8.88. The first-order valence-electron chi connectivity index (χ1n) is 6.42. The number of rotatable bonds is 3. The second kappa shape index (κ2) is 5.56. The van der Waals surface area contributed by atoms with Gasteiger partial charge in [0, 0.05) is 13.1 Å². The van der Waals surface area contributed by atoms with E-state index >= 15 is 0 Å². The molecule has 6 nitrogen and oxygen atoms in total. The van der Waals surface area contributed by atoms with Crippen LogP contribution >= 0.6 is 0 Å². The number of nitrogens with zero attached hydrogens (tertiary/aromatic N) is 3. The van der Waals surface area contributed by atoms with Gasteiger partial charge in [-0.1, -0.05) is 18.2 Å². The highest BCUT2D eigenvalue weighted by atomic mass is 16.6. The van der Waals surface area contributed by atoms with E-state index in [-0.39, 0.29) is 0 Å². The van der Waals surface area contributed by atoms with E-state index in [1.807, 2.05) is 6.07 Å². The molecule has 1 aromatic heterocycles. The lowest BCUT2D eigenvalue weighted by molar-refractivity contribution is 0.215. The Morgan fingerprint density at radius 2 is 1.85 bits per heavy atom. The molecule has 20 heavy (non-hydrogen) atoms. The molecule has 1 aliphatic heterocycles. The predicted molar refractivity (Wildman–Crippen MR) is 75.0 cm³/mol. The number of carbonyl (C=O) groups is 1. The SMILES string of the molecule is O=C(Nc1cnc(N2CCC2)nc1)Oc1ccccc1. The molecule has 1 fully saturated rings. The van der Waals surface area contributed by atoms with Crippen molar-refractivity contribution in [1.29, 1.82) is 0 Å². The number of anilines is 2. The minimum absolute atomic E-state index is 0.489. The van der Waals surface area contributed by atoms with Crippen LogP contribution in [0.5, 0.6) is 5.75 Å². The van der Waals surface area contributed by atoms with E-state index in [0.29, 0.717) is 17.4 Å². The van der Waals surface area contributed by atoms with Crippen LogP contribution in [0.25, 0.3) is 0 Å². The number of aromatic nitrogens is 2. The van der Waals surface area contributed by atoms with Crippen molar-refractivity contribution in [1.82, 2.24) is 9.97 Å². The molecule has 0 radical (unpaired) electrons. The number of nitrogens with one attached hydrogen (secondary N) is 1. The summed E-state index contributed by atoms with van der Waals surface area (Å²) >= 11 is 0. The minimum Gasteiger partial charge on any atom is -0.410 e. The van der Waals surface area contributed by atoms with E-state index in [9.17, 15) is 4.79 Å². The highest BCUT2D eigenvalue weighted by molar-refractivity contribution is 5.85. The predicted octanol–water partition coefficient (Wildman–Crippen LogP) is 2.30. The molecule has 1 amide bonds. The first-order chi connectivity index (χ1) is 9.81. The first-order valence-corrected chi connectivity index (χ1v) is 6.42. The molecule has 0 spiro atoms. The minimum atomic E-state index is -0.559. The smallest absolute Gasteiger partial charge is 0.410 e. The Morgan fingerprint density at radius 1 is 1.15 bits per heavy atom. The van der Waals surface area contributed by atoms with Gasteiger partial charge in [-0.2, -0.15) is 0 Å². The molecular weight excluding hydrogens is 256 g/mol. The molecule has 1 aromatic carbocycles. The molecule has 0 saturated carbocycles. The maximum atomic E-state index is 11.7. The number of benzene rings is 1. The van der Waals surface area contributed by atoms with Gasteiger partial charge in [0.25, 0.3) is 0 Å². The summed E-state index contributed by atoms with van der Waals surface area (Å²) < 4.78 is 5.11. The molecule has 1 aliphatic rings. The van der Waals surface area contributed by atoms with E-state index < -0.39 is 6.09 Å². The summed E-state index contributed by atoms with van der Waals surface area (Å²) in [7, 11) is 0. The van der Waals surface area contributed by atoms with E-state index in [1.54, 1.807) is 36.7 Å². The molecule has 2 aromatic rings. The van der Waals surface area contributed by atoms with Crippen LogP contribution in [0.3, 0.4) is 0 Å². The van der Waals surface area contributed by atoms with Crippen molar-refractivity contribution in [3.05, 3.63) is 42.7 Å². The van der Waals surface area contributed by atoms with Crippen LogP contribution in [0.1, 0.15) is 6.42 Å². The van der Waals surface area contributed by atoms with Crippen LogP contribution in [0.4, 0.5) is 16.4 Å². The second-order valence-corrected chi connectivity index (χ2v) is 4.44. The fraction of sp³-hybridized carbons (Fsp3) is 0.214. The van der Waals surface area contributed by atoms with Gasteiger partial charge in [-0.05, 0) is 18.6 Å². The van der Waals surface area contributed by atoms with Crippen molar-refractivity contribution >= 4 is 17.7 Å². The molecule has 3 rings (SSSR count). The van der Waals surface area contributed by atoms with Crippen LogP contribution in [-0.4, -0.2) is 29.2 Å². The molecule has 1 saturated heterocycles. The van der Waals surface area contributed by atoms with Crippen molar-refractivity contribution in [3.63, 3.8) is 0 Å². The van der Waals surface area contributed by atoms with Gasteiger partial charge in [0.2, 0.25) is 5.95 Å². The van der Waals surface area contributed by atoms with E-state index in [2.05, 4.69) is 20.2 Å². The summed E-state index contributed by atoms with van der Waals surface area (Å²) in [6.07, 6.45) is 3.77. The third kappa shape index (κ3) is 2.85. The fourth-order valence-electron chi connectivity index (χ4n) is 1.80. The highest BCUT2D eigenvalue weighted by Gasteiger charge is 2.16. The number of carbonyl (C=O) groups excluding carboxylic acids is 1. The fourth-order valence-corrected chi connectivity index (χ4v) is 1.80. The van der Waals surface area contributed by atoms with Crippen LogP contribution in [0.2, 0.25) is 0 Å². The quantitative estimate of drug-likeness (QED) is 0.926. The lowest BCUT2D eigenvalue weighted by Gasteiger charge is -2.30. The molecule has 1 N–H and O–H groups in total. The molecule has 102 valence electrons. The van der Waals surface area contributed by atoms with Gasteiger partial charge in [0.15, 0.2) is 0 Å². The average molecular weight is 270 g/mol. The Hall–Kier alpha value is -2.63. The van der Waals surface area contributed by atoms with Crippen LogP contribution < -0.4 is 15.0 Å². The van der Waals surface area contributed by atoms with Crippen LogP contribution in [0, 0.1) is 0 Å². The topological polar surface area (TPSA) is 67.4 Å². The van der Waals surface area contributed by atoms with Gasteiger partial charge in [-0.25, -0.2) is 14.8 Å². The standard InChI is InChI=1S/C14H14N4O2/c19-14(20-12-5-2-1-3-6-12)17-11-9-15-13(16-10-11)18-7-4-8-18/h1-3,5-6,9-10H,4,7-8H2,(H,17,19). The average Bonchev–Trinajstić information content (AvgIpc) is 2.40. The second-order valence-electron chi connectivity index (χ2n) is 4.44. The summed E-state index contributed by atoms with van der Waals surface area (Å²) in [4.78, 5) is 22.2. The zero-order chi connectivity index (χ0) is 13.8. The molecule has 0 aliphatic carbocycles. The van der Waals surface area contributed by atoms with E-state index in [1.165, 1.54) is 6.42 Å². The van der Waals surface area contributed by atoms with Gasteiger partial charge < -0.3 is 9.64 Å². The molecule has 6 heteroatoms. The van der Waals surface area contributed by atoms with Crippen molar-refractivity contribution in [2.45, 2.75) is 6.42 Å². The molecule has 0 atom stereocenters. The Bertz CT molecular complexity index is 582. The maximum Gasteiger partial charge on any atom is 0.417 e. The highest BCUT2D eigenvalue weighted by Crippen LogP contribution is 2.16. The monoisotopic (exact) mass is 270 g/mol. The molecule has 2 heterocycles. The number of amides is 1. The zero-order valence-corrected chi connectivity index (χ0v) is 10.8. The summed E-state index contributed by atoms with van der Waals surface area (Å²) in [5.41, 5.74) is 0.509. The van der Waals surface area contributed by atoms with Gasteiger partial charge in [0.1, 0.15) is 5.75 Å². The largest absolute Gasteiger partial charge is 0.417 e. The third-order valence-electron chi connectivity index (χ3n) is 2.98. The molecular formula is C14H14N4O2. The van der Waals surface area contributed by atoms with Crippen LogP contribution in [-0.2, 0) is 0 Å². The first kappa shape index (κ1) is 12.4. The van der Waals surface area contributed by atoms with E-state index in [4.69, 9.17) is 4.74 Å². The Kier molecular flexibility index (Phi) is 3.45. The maximum absolute atomic E-state index is 11.7. The van der Waals surface area contributed by atoms with Crippen molar-refractivity contribution in [2.75, 3.05) is 23.3 Å². The Labute approximate surface area is 116 Å². The zero-order valence-electron chi connectivity index (χ0n) is 10.8. The van der Waals surface area contributed by atoms with Gasteiger partial charge in [0.05, 0.1) is 18.1 Å². The van der Waals surface area contributed by atoms with Gasteiger partial charge in [-0.3, -0.25) is 5.32 Å². The third-order valence-corrected chi connectivity index (χ3v) is 2.98. The summed E-state index contributed by atoms with van der Waals surface area (Å²) in [5.74, 6) is 1.18. The van der Waals surface area contributed by atoms with Gasteiger partial charge >= 0.3 is 6.09 Å². The van der Waals surface area contributed by atoms with Crippen LogP contribution in [0.15, 0.2) is 42.7 Å². The Morgan fingerprint density at radius 3 is 2.45 bits per heavy atom. The Balaban J connectivity index is 1.58. The number of hydrogen-bond acceptors (Lipinski definition) is 5. The molecule has 0 bridgehead atoms. The lowest BCUT2D eigenvalue weighted by atomic mass is 10.2. The summed E-state index contributed by atoms with van der Waals surface area (Å²) in [5, 5.41) is 2.59. The van der Waals surface area contributed by atoms with Crippen molar-refractivity contribution in [3.8, 4) is 5.75 Å². The van der Waals surface area contributed by atoms with E-state index in [0.717, 1.165) is 13.1 Å². The molecule has 0 unspecified atom stereocenters. The number of hydrogen-bond donors (Lipinski definition) is 1. The van der Waals surface area contributed by atoms with Crippen molar-refractivity contribution in [2.24, 2.45) is 0 Å². The normalized spacial score (nSPS) is 13.5. The number of para-hydroxylation sites is 1. The van der Waals surface area contributed by atoms with Gasteiger partial charge in [-0.15, -0.1) is 0 Å². The summed E-state index contributed by atoms with van der Waals surface area (Å²) in [6.45, 7) is 1.98. The van der Waals surface area contributed by atoms with Crippen molar-refractivity contribution < 1.29 is 9.53 Å². The number of ether oxygens (including phenoxy) is 1.